The first-order valence-electron chi connectivity index (χ1n) is 5.22. The summed E-state index contributed by atoms with van der Waals surface area (Å²) in [5.74, 6) is -0.439. The molecule has 0 bridgehead atoms. The van der Waals surface area contributed by atoms with Crippen molar-refractivity contribution in [3.05, 3.63) is 52.8 Å². The number of halogens is 2. The van der Waals surface area contributed by atoms with Gasteiger partial charge < -0.3 is 5.73 Å². The third-order valence-electron chi connectivity index (χ3n) is 2.36. The van der Waals surface area contributed by atoms with E-state index in [0.29, 0.717) is 4.47 Å². The highest BCUT2D eigenvalue weighted by Gasteiger charge is 2.17. The molecule has 0 radical (unpaired) electrons. The number of benzene rings is 2. The lowest BCUT2D eigenvalue weighted by Crippen LogP contribution is -2.14. The zero-order chi connectivity index (χ0) is 14.0. The fourth-order valence-corrected chi connectivity index (χ4v) is 3.04. The highest BCUT2D eigenvalue weighted by molar-refractivity contribution is 9.10. The highest BCUT2D eigenvalue weighted by atomic mass is 79.9. The zero-order valence-electron chi connectivity index (χ0n) is 9.60. The maximum atomic E-state index is 12.7. The predicted molar refractivity (Wildman–Crippen MR) is 75.8 cm³/mol. The Hall–Kier alpha value is -1.60. The van der Waals surface area contributed by atoms with Crippen LogP contribution < -0.4 is 10.5 Å². The molecule has 19 heavy (non-hydrogen) atoms. The maximum absolute atomic E-state index is 12.7. The van der Waals surface area contributed by atoms with Gasteiger partial charge in [0, 0.05) is 10.2 Å². The Morgan fingerprint density at radius 2 is 1.74 bits per heavy atom. The summed E-state index contributed by atoms with van der Waals surface area (Å²) in [5, 5.41) is 0. The van der Waals surface area contributed by atoms with E-state index in [1.807, 2.05) is 0 Å². The van der Waals surface area contributed by atoms with Gasteiger partial charge in [-0.2, -0.15) is 0 Å². The topological polar surface area (TPSA) is 72.2 Å². The van der Waals surface area contributed by atoms with Gasteiger partial charge in [0.2, 0.25) is 0 Å². The first-order valence-corrected chi connectivity index (χ1v) is 7.49. The van der Waals surface area contributed by atoms with Crippen LogP contribution in [0.3, 0.4) is 0 Å². The smallest absolute Gasteiger partial charge is 0.263 e. The van der Waals surface area contributed by atoms with Crippen LogP contribution in [0.15, 0.2) is 51.8 Å². The summed E-state index contributed by atoms with van der Waals surface area (Å²) >= 11 is 3.20. The van der Waals surface area contributed by atoms with Crippen LogP contribution in [0, 0.1) is 5.82 Å². The molecule has 2 rings (SSSR count). The summed E-state index contributed by atoms with van der Waals surface area (Å²) in [5.41, 5.74) is 6.07. The summed E-state index contributed by atoms with van der Waals surface area (Å²) < 4.78 is 40.0. The van der Waals surface area contributed by atoms with Crippen molar-refractivity contribution in [2.75, 3.05) is 10.5 Å². The van der Waals surface area contributed by atoms with Gasteiger partial charge in [-0.25, -0.2) is 12.8 Å². The van der Waals surface area contributed by atoms with Gasteiger partial charge in [0.1, 0.15) is 10.7 Å². The van der Waals surface area contributed by atoms with Crippen LogP contribution >= 0.6 is 15.9 Å². The van der Waals surface area contributed by atoms with Crippen LogP contribution in [-0.4, -0.2) is 8.42 Å². The Morgan fingerprint density at radius 3 is 2.32 bits per heavy atom. The average Bonchev–Trinajstić information content (AvgIpc) is 2.31. The van der Waals surface area contributed by atoms with Gasteiger partial charge in [-0.1, -0.05) is 15.9 Å². The van der Waals surface area contributed by atoms with Crippen LogP contribution in [0.5, 0.6) is 0 Å². The Morgan fingerprint density at radius 1 is 1.11 bits per heavy atom. The van der Waals surface area contributed by atoms with Crippen molar-refractivity contribution in [3.8, 4) is 0 Å². The van der Waals surface area contributed by atoms with E-state index < -0.39 is 15.8 Å². The number of sulfonamides is 1. The highest BCUT2D eigenvalue weighted by Crippen LogP contribution is 2.24. The van der Waals surface area contributed by atoms with Crippen LogP contribution in [0.1, 0.15) is 0 Å². The Bertz CT molecular complexity index is 702. The van der Waals surface area contributed by atoms with E-state index >= 15 is 0 Å². The molecule has 3 N–H and O–H groups in total. The molecule has 0 aromatic heterocycles. The third-order valence-corrected chi connectivity index (χ3v) is 4.31. The maximum Gasteiger partial charge on any atom is 0.263 e. The Kier molecular flexibility index (Phi) is 3.77. The summed E-state index contributed by atoms with van der Waals surface area (Å²) in [4.78, 5) is -0.0278. The molecule has 4 nitrogen and oxygen atoms in total. The van der Waals surface area contributed by atoms with Crippen molar-refractivity contribution in [2.45, 2.75) is 4.90 Å². The monoisotopic (exact) mass is 344 g/mol. The van der Waals surface area contributed by atoms with E-state index in [1.165, 1.54) is 36.4 Å². The van der Waals surface area contributed by atoms with Crippen LogP contribution in [0.25, 0.3) is 0 Å². The van der Waals surface area contributed by atoms with Crippen molar-refractivity contribution < 1.29 is 12.8 Å². The minimum Gasteiger partial charge on any atom is -0.398 e. The minimum absolute atomic E-state index is 0.0278. The standard InChI is InChI=1S/C12H10BrFN2O2S/c13-8-1-6-12(11(15)7-8)19(17,18)16-10-4-2-9(14)3-5-10/h1-7,16H,15H2. The molecule has 2 aromatic carbocycles. The van der Waals surface area contributed by atoms with Gasteiger partial charge in [0.25, 0.3) is 10.0 Å². The van der Waals surface area contributed by atoms with Gasteiger partial charge in [0.05, 0.1) is 5.69 Å². The van der Waals surface area contributed by atoms with Crippen LogP contribution in [0.2, 0.25) is 0 Å². The van der Waals surface area contributed by atoms with Crippen molar-refractivity contribution in [2.24, 2.45) is 0 Å². The molecule has 0 aliphatic carbocycles. The molecule has 0 aliphatic heterocycles. The third kappa shape index (κ3) is 3.24. The summed E-state index contributed by atoms with van der Waals surface area (Å²) in [6.07, 6.45) is 0. The molecule has 0 saturated heterocycles. The lowest BCUT2D eigenvalue weighted by molar-refractivity contribution is 0.601. The molecule has 0 atom stereocenters. The molecule has 7 heteroatoms. The largest absolute Gasteiger partial charge is 0.398 e. The van der Waals surface area contributed by atoms with Crippen molar-refractivity contribution in [3.63, 3.8) is 0 Å². The fraction of sp³-hybridized carbons (Fsp3) is 0. The molecule has 0 unspecified atom stereocenters. The number of hydrogen-bond donors (Lipinski definition) is 2. The molecule has 0 heterocycles. The lowest BCUT2D eigenvalue weighted by Gasteiger charge is -2.10. The SMILES string of the molecule is Nc1cc(Br)ccc1S(=O)(=O)Nc1ccc(F)cc1. The van der Waals surface area contributed by atoms with E-state index in [2.05, 4.69) is 20.7 Å². The summed E-state index contributed by atoms with van der Waals surface area (Å²) in [6, 6.07) is 9.48. The second-order valence-corrected chi connectivity index (χ2v) is 6.36. The predicted octanol–water partition coefficient (Wildman–Crippen LogP) is 2.97. The first-order chi connectivity index (χ1) is 8.88. The van der Waals surface area contributed by atoms with Gasteiger partial charge in [-0.05, 0) is 42.5 Å². The van der Waals surface area contributed by atoms with E-state index in [9.17, 15) is 12.8 Å². The first kappa shape index (κ1) is 13.8. The van der Waals surface area contributed by atoms with Gasteiger partial charge in [-0.3, -0.25) is 4.72 Å². The fourth-order valence-electron chi connectivity index (χ4n) is 1.49. The number of nitrogens with one attached hydrogen (secondary N) is 1. The Labute approximate surface area is 118 Å². The molecule has 0 amide bonds. The van der Waals surface area contributed by atoms with Crippen LogP contribution in [0.4, 0.5) is 15.8 Å². The average molecular weight is 345 g/mol. The minimum atomic E-state index is -3.79. The molecule has 0 fully saturated rings. The molecular weight excluding hydrogens is 335 g/mol. The van der Waals surface area contributed by atoms with Crippen molar-refractivity contribution in [1.82, 2.24) is 0 Å². The number of rotatable bonds is 3. The number of nitrogens with two attached hydrogens (primary N) is 1. The lowest BCUT2D eigenvalue weighted by atomic mass is 10.3. The van der Waals surface area contributed by atoms with Crippen molar-refractivity contribution in [1.29, 1.82) is 0 Å². The number of nitrogen functional groups attached to an aromatic ring is 1. The number of hydrogen-bond acceptors (Lipinski definition) is 3. The van der Waals surface area contributed by atoms with Crippen molar-refractivity contribution >= 4 is 37.3 Å². The number of anilines is 2. The second kappa shape index (κ2) is 5.18. The molecule has 0 aliphatic rings. The van der Waals surface area contributed by atoms with E-state index in [0.717, 1.165) is 0 Å². The molecule has 0 spiro atoms. The van der Waals surface area contributed by atoms with Gasteiger partial charge >= 0.3 is 0 Å². The molecule has 0 saturated carbocycles. The molecular formula is C12H10BrFN2O2S. The van der Waals surface area contributed by atoms with Gasteiger partial charge in [-0.15, -0.1) is 0 Å². The van der Waals surface area contributed by atoms with Crippen LogP contribution in [-0.2, 0) is 10.0 Å². The van der Waals surface area contributed by atoms with E-state index in [-0.39, 0.29) is 16.3 Å². The Balaban J connectivity index is 2.35. The van der Waals surface area contributed by atoms with E-state index in [4.69, 9.17) is 5.73 Å². The normalized spacial score (nSPS) is 11.3. The molecule has 100 valence electrons. The second-order valence-electron chi connectivity index (χ2n) is 3.79. The zero-order valence-corrected chi connectivity index (χ0v) is 12.0. The quantitative estimate of drug-likeness (QED) is 0.840. The summed E-state index contributed by atoms with van der Waals surface area (Å²) in [7, 11) is -3.79. The van der Waals surface area contributed by atoms with E-state index in [1.54, 1.807) is 6.07 Å². The summed E-state index contributed by atoms with van der Waals surface area (Å²) in [6.45, 7) is 0. The van der Waals surface area contributed by atoms with Gasteiger partial charge in [0.15, 0.2) is 0 Å². The molecule has 2 aromatic rings.